The van der Waals surface area contributed by atoms with E-state index in [0.29, 0.717) is 11.9 Å². The molecule has 38 heavy (non-hydrogen) atoms. The first-order chi connectivity index (χ1) is 18.7. The zero-order chi connectivity index (χ0) is 25.5. The molecule has 0 spiro atoms. The van der Waals surface area contributed by atoms with Gasteiger partial charge in [-0.2, -0.15) is 14.6 Å². The number of H-pyrrole nitrogens is 2. The summed E-state index contributed by atoms with van der Waals surface area (Å²) in [5.74, 6) is -0.0402. The molecular weight excluding hydrogens is 521 g/mol. The Labute approximate surface area is 226 Å². The van der Waals surface area contributed by atoms with E-state index < -0.39 is 5.95 Å². The summed E-state index contributed by atoms with van der Waals surface area (Å²) < 4.78 is 13.1. The number of hydrogen-bond acceptors (Lipinski definition) is 9. The van der Waals surface area contributed by atoms with Crippen LogP contribution < -0.4 is 10.6 Å². The molecule has 1 saturated carbocycles. The normalized spacial score (nSPS) is 15.6. The molecule has 0 aliphatic heterocycles. The first-order valence-corrected chi connectivity index (χ1v) is 14.5. The summed E-state index contributed by atoms with van der Waals surface area (Å²) in [5, 5.41) is 22.8. The van der Waals surface area contributed by atoms with Crippen molar-refractivity contribution in [3.05, 3.63) is 57.7 Å². The van der Waals surface area contributed by atoms with Crippen LogP contribution in [0.1, 0.15) is 46.8 Å². The second-order valence-electron chi connectivity index (χ2n) is 9.70. The fourth-order valence-electron chi connectivity index (χ4n) is 4.97. The second kappa shape index (κ2) is 9.91. The highest BCUT2D eigenvalue weighted by molar-refractivity contribution is 7.16. The van der Waals surface area contributed by atoms with E-state index in [1.165, 1.54) is 46.3 Å². The van der Waals surface area contributed by atoms with E-state index in [4.69, 9.17) is 4.98 Å². The number of aromatic nitrogens is 7. The molecule has 5 aromatic heterocycles. The van der Waals surface area contributed by atoms with Gasteiger partial charge in [0.15, 0.2) is 10.3 Å². The summed E-state index contributed by atoms with van der Waals surface area (Å²) >= 11 is 3.41. The Morgan fingerprint density at radius 2 is 1.50 bits per heavy atom. The lowest BCUT2D eigenvalue weighted by atomic mass is 9.93. The Kier molecular flexibility index (Phi) is 6.12. The number of pyridine rings is 1. The van der Waals surface area contributed by atoms with E-state index in [1.54, 1.807) is 23.5 Å². The lowest BCUT2D eigenvalue weighted by Crippen LogP contribution is -2.26. The van der Waals surface area contributed by atoms with Crippen LogP contribution >= 0.6 is 22.7 Å². The van der Waals surface area contributed by atoms with Crippen LogP contribution in [0.5, 0.6) is 0 Å². The predicted molar refractivity (Wildman–Crippen MR) is 148 cm³/mol. The van der Waals surface area contributed by atoms with Gasteiger partial charge in [-0.25, -0.2) is 15.0 Å². The highest BCUT2D eigenvalue weighted by Gasteiger charge is 2.25. The van der Waals surface area contributed by atoms with Crippen LogP contribution in [0.4, 0.5) is 20.5 Å². The van der Waals surface area contributed by atoms with Crippen LogP contribution in [0.25, 0.3) is 22.5 Å². The number of nitrogens with one attached hydrogen (secondary N) is 4. The SMILES string of the molecule is Fc1cccc(Nc2nc3c(s2)CCCc2[nH]ncc2-3)n1.c1n[nH]c2c1-c1nc(NC3CCC3)sc1CC2. The molecule has 3 aliphatic rings. The van der Waals surface area contributed by atoms with Gasteiger partial charge in [0.2, 0.25) is 5.95 Å². The van der Waals surface area contributed by atoms with Gasteiger partial charge >= 0.3 is 0 Å². The Morgan fingerprint density at radius 3 is 2.24 bits per heavy atom. The molecule has 0 saturated heterocycles. The molecule has 194 valence electrons. The monoisotopic (exact) mass is 547 g/mol. The van der Waals surface area contributed by atoms with Gasteiger partial charge in [-0.05, 0) is 63.5 Å². The van der Waals surface area contributed by atoms with Crippen LogP contribution in [0.2, 0.25) is 0 Å². The first-order valence-electron chi connectivity index (χ1n) is 12.9. The van der Waals surface area contributed by atoms with E-state index in [1.807, 2.05) is 23.7 Å². The smallest absolute Gasteiger partial charge is 0.214 e. The lowest BCUT2D eigenvalue weighted by molar-refractivity contribution is 0.445. The summed E-state index contributed by atoms with van der Waals surface area (Å²) in [6.07, 6.45) is 12.9. The Bertz CT molecular complexity index is 1580. The topological polar surface area (TPSA) is 120 Å². The average molecular weight is 548 g/mol. The highest BCUT2D eigenvalue weighted by atomic mass is 32.1. The van der Waals surface area contributed by atoms with Gasteiger partial charge in [0.1, 0.15) is 5.82 Å². The standard InChI is InChI=1S/C14H12FN5S.C12H14N4S/c15-11-5-2-6-12(17-11)18-14-19-13-8-7-16-20-9(8)3-1-4-10(13)21-14;1-2-7(3-1)14-12-15-11-8-6-13-16-9(8)4-5-10(11)17-12/h2,5-7H,1,3-4H2,(H,16,20)(H,17,18,19);6-7H,1-5H2,(H,13,16)(H,14,15). The minimum absolute atomic E-state index is 0.464. The molecule has 0 bridgehead atoms. The number of rotatable bonds is 4. The predicted octanol–water partition coefficient (Wildman–Crippen LogP) is 5.90. The highest BCUT2D eigenvalue weighted by Crippen LogP contribution is 2.39. The molecule has 5 heterocycles. The summed E-state index contributed by atoms with van der Waals surface area (Å²) in [6.45, 7) is 0. The van der Waals surface area contributed by atoms with Gasteiger partial charge < -0.3 is 10.6 Å². The number of anilines is 3. The number of hydrogen-bond donors (Lipinski definition) is 4. The Hall–Kier alpha value is -3.64. The van der Waals surface area contributed by atoms with E-state index in [0.717, 1.165) is 65.0 Å². The molecule has 1 fully saturated rings. The first kappa shape index (κ1) is 23.5. The van der Waals surface area contributed by atoms with Crippen molar-refractivity contribution in [2.45, 2.75) is 57.4 Å². The number of aromatic amines is 2. The summed E-state index contributed by atoms with van der Waals surface area (Å²) in [6, 6.07) is 5.32. The van der Waals surface area contributed by atoms with Crippen molar-refractivity contribution in [2.75, 3.05) is 10.6 Å². The fraction of sp³-hybridized carbons (Fsp3) is 0.346. The maximum absolute atomic E-state index is 13.1. The number of thiazole rings is 2. The number of nitrogens with zero attached hydrogens (tertiary/aromatic N) is 5. The van der Waals surface area contributed by atoms with Crippen LogP contribution in [-0.2, 0) is 25.7 Å². The van der Waals surface area contributed by atoms with Crippen molar-refractivity contribution in [1.29, 1.82) is 0 Å². The maximum Gasteiger partial charge on any atom is 0.214 e. The molecule has 4 N–H and O–H groups in total. The minimum Gasteiger partial charge on any atom is -0.359 e. The van der Waals surface area contributed by atoms with E-state index in [2.05, 4.69) is 41.0 Å². The van der Waals surface area contributed by atoms with Crippen LogP contribution in [0.15, 0.2) is 30.6 Å². The van der Waals surface area contributed by atoms with Gasteiger partial charge in [0.25, 0.3) is 0 Å². The molecule has 0 unspecified atom stereocenters. The Balaban J connectivity index is 0.000000130. The molecule has 12 heteroatoms. The van der Waals surface area contributed by atoms with Crippen molar-refractivity contribution in [2.24, 2.45) is 0 Å². The van der Waals surface area contributed by atoms with Crippen LogP contribution in [0, 0.1) is 5.95 Å². The minimum atomic E-state index is -0.504. The lowest BCUT2D eigenvalue weighted by Gasteiger charge is -2.25. The maximum atomic E-state index is 13.1. The zero-order valence-corrected chi connectivity index (χ0v) is 22.2. The third-order valence-corrected chi connectivity index (χ3v) is 9.23. The molecule has 0 amide bonds. The molecule has 5 aromatic rings. The van der Waals surface area contributed by atoms with Crippen molar-refractivity contribution < 1.29 is 4.39 Å². The summed E-state index contributed by atoms with van der Waals surface area (Å²) in [7, 11) is 0. The molecule has 9 nitrogen and oxygen atoms in total. The second-order valence-corrected chi connectivity index (χ2v) is 11.9. The quantitative estimate of drug-likeness (QED) is 0.207. The third kappa shape index (κ3) is 4.58. The molecule has 0 atom stereocenters. The number of aryl methyl sites for hydroxylation is 4. The average Bonchev–Trinajstić information content (AvgIpc) is 3.67. The third-order valence-electron chi connectivity index (χ3n) is 7.16. The van der Waals surface area contributed by atoms with E-state index >= 15 is 0 Å². The van der Waals surface area contributed by atoms with E-state index in [-0.39, 0.29) is 0 Å². The van der Waals surface area contributed by atoms with Crippen molar-refractivity contribution in [3.8, 4) is 22.5 Å². The summed E-state index contributed by atoms with van der Waals surface area (Å²) in [4.78, 5) is 15.8. The summed E-state index contributed by atoms with van der Waals surface area (Å²) in [5.41, 5.74) is 6.75. The van der Waals surface area contributed by atoms with Gasteiger partial charge in [-0.15, -0.1) is 22.7 Å². The van der Waals surface area contributed by atoms with Crippen LogP contribution in [-0.4, -0.2) is 41.4 Å². The molecule has 3 aliphatic carbocycles. The van der Waals surface area contributed by atoms with Crippen molar-refractivity contribution in [1.82, 2.24) is 35.3 Å². The van der Waals surface area contributed by atoms with Gasteiger partial charge in [0.05, 0.1) is 23.8 Å². The van der Waals surface area contributed by atoms with E-state index in [9.17, 15) is 4.39 Å². The number of halogens is 1. The van der Waals surface area contributed by atoms with Gasteiger partial charge in [-0.3, -0.25) is 10.2 Å². The molecular formula is C26H26FN9S2. The van der Waals surface area contributed by atoms with Crippen molar-refractivity contribution >= 4 is 38.8 Å². The zero-order valence-electron chi connectivity index (χ0n) is 20.6. The molecule has 8 rings (SSSR count). The van der Waals surface area contributed by atoms with Gasteiger partial charge in [0, 0.05) is 38.3 Å². The molecule has 0 radical (unpaired) electrons. The van der Waals surface area contributed by atoms with Gasteiger partial charge in [-0.1, -0.05) is 6.07 Å². The fourth-order valence-corrected chi connectivity index (χ4v) is 7.05. The largest absolute Gasteiger partial charge is 0.359 e. The number of fused-ring (bicyclic) bond motifs is 6. The Morgan fingerprint density at radius 1 is 0.789 bits per heavy atom. The van der Waals surface area contributed by atoms with Crippen LogP contribution in [0.3, 0.4) is 0 Å². The van der Waals surface area contributed by atoms with Crippen molar-refractivity contribution in [3.63, 3.8) is 0 Å². The molecule has 0 aromatic carbocycles.